The Labute approximate surface area is 169 Å². The van der Waals surface area contributed by atoms with E-state index >= 15 is 0 Å². The van der Waals surface area contributed by atoms with Crippen molar-refractivity contribution in [2.24, 2.45) is 0 Å². The van der Waals surface area contributed by atoms with E-state index in [-0.39, 0.29) is 0 Å². The topological polar surface area (TPSA) is 35.5 Å². The zero-order valence-corrected chi connectivity index (χ0v) is 19.8. The van der Waals surface area contributed by atoms with Crippen LogP contribution in [0.5, 0.6) is 0 Å². The maximum Gasteiger partial charge on any atom is 0.388 e. The van der Waals surface area contributed by atoms with Crippen LogP contribution in [0.3, 0.4) is 0 Å². The quantitative estimate of drug-likeness (QED) is 0.184. The van der Waals surface area contributed by atoms with Gasteiger partial charge in [-0.3, -0.25) is 4.79 Å². The molecule has 0 spiro atoms. The number of unbranched alkanes of at least 4 members (excludes halogenated alkanes) is 4. The molecule has 0 aromatic rings. The van der Waals surface area contributed by atoms with Gasteiger partial charge in [0.2, 0.25) is 0 Å². The molecular formula is C21H43O3SSi. The smallest absolute Gasteiger partial charge is 0.388 e. The molecule has 0 bridgehead atoms. The summed E-state index contributed by atoms with van der Waals surface area (Å²) >= 11 is 1.55. The molecule has 0 N–H and O–H groups in total. The number of rotatable bonds is 18. The van der Waals surface area contributed by atoms with Crippen LogP contribution < -0.4 is 0 Å². The van der Waals surface area contributed by atoms with E-state index < -0.39 is 9.28 Å². The van der Waals surface area contributed by atoms with Gasteiger partial charge < -0.3 is 8.85 Å². The molecule has 0 rings (SSSR count). The van der Waals surface area contributed by atoms with E-state index in [1.807, 2.05) is 0 Å². The number of carbonyl (C=O) groups excluding carboxylic acids is 1. The van der Waals surface area contributed by atoms with E-state index in [0.717, 1.165) is 58.2 Å². The molecule has 155 valence electrons. The number of hydrogen-bond acceptors (Lipinski definition) is 4. The molecule has 3 nitrogen and oxygen atoms in total. The monoisotopic (exact) mass is 403 g/mol. The van der Waals surface area contributed by atoms with Crippen LogP contribution >= 0.6 is 11.8 Å². The largest absolute Gasteiger partial charge is 0.393 e. The summed E-state index contributed by atoms with van der Waals surface area (Å²) in [5.74, 6) is 0. The molecule has 0 aromatic heterocycles. The molecule has 0 amide bonds. The van der Waals surface area contributed by atoms with E-state index in [0.29, 0.717) is 15.9 Å². The van der Waals surface area contributed by atoms with Crippen molar-refractivity contribution in [3.8, 4) is 0 Å². The molecule has 0 saturated heterocycles. The van der Waals surface area contributed by atoms with Gasteiger partial charge in [0.05, 0.1) is 0 Å². The van der Waals surface area contributed by atoms with Crippen molar-refractivity contribution < 1.29 is 13.6 Å². The minimum atomic E-state index is -1.25. The Hall–Kier alpha value is 0.157. The molecule has 1 radical (unpaired) electrons. The van der Waals surface area contributed by atoms with Gasteiger partial charge in [-0.05, 0) is 32.1 Å². The standard InChI is InChI=1S/C21H43O3SSi/c1-6-10-11-12-13-15-21(22)25-19(5)18-20(14-7-2)26(23-16-8-3)24-17-9-4/h19-20H,6-18H2,1-5H3. The molecule has 0 saturated carbocycles. The van der Waals surface area contributed by atoms with Crippen LogP contribution in [0, 0.1) is 0 Å². The summed E-state index contributed by atoms with van der Waals surface area (Å²) in [6.45, 7) is 12.5. The van der Waals surface area contributed by atoms with Crippen molar-refractivity contribution in [1.82, 2.24) is 0 Å². The van der Waals surface area contributed by atoms with Crippen molar-refractivity contribution in [1.29, 1.82) is 0 Å². The summed E-state index contributed by atoms with van der Waals surface area (Å²) in [4.78, 5) is 12.2. The first-order valence-corrected chi connectivity index (χ1v) is 13.2. The average Bonchev–Trinajstić information content (AvgIpc) is 2.61. The Bertz CT molecular complexity index is 320. The highest BCUT2D eigenvalue weighted by molar-refractivity contribution is 8.14. The molecule has 0 heterocycles. The van der Waals surface area contributed by atoms with Crippen LogP contribution in [-0.2, 0) is 13.6 Å². The Kier molecular flexibility index (Phi) is 18.6. The van der Waals surface area contributed by atoms with Gasteiger partial charge in [-0.25, -0.2) is 0 Å². The van der Waals surface area contributed by atoms with E-state index in [1.54, 1.807) is 11.8 Å². The van der Waals surface area contributed by atoms with E-state index in [9.17, 15) is 4.79 Å². The lowest BCUT2D eigenvalue weighted by molar-refractivity contribution is -0.111. The fourth-order valence-corrected chi connectivity index (χ4v) is 6.61. The Morgan fingerprint density at radius 2 is 1.50 bits per heavy atom. The van der Waals surface area contributed by atoms with Crippen LogP contribution in [0.4, 0.5) is 0 Å². The first-order valence-electron chi connectivity index (χ1n) is 10.9. The second kappa shape index (κ2) is 18.5. The van der Waals surface area contributed by atoms with Crippen LogP contribution in [0.1, 0.15) is 105 Å². The Morgan fingerprint density at radius 3 is 2.04 bits per heavy atom. The Morgan fingerprint density at radius 1 is 0.885 bits per heavy atom. The summed E-state index contributed by atoms with van der Waals surface area (Å²) in [7, 11) is -1.25. The van der Waals surface area contributed by atoms with Crippen molar-refractivity contribution in [3.63, 3.8) is 0 Å². The first-order chi connectivity index (χ1) is 12.6. The van der Waals surface area contributed by atoms with E-state index in [1.165, 1.54) is 25.7 Å². The van der Waals surface area contributed by atoms with Gasteiger partial charge in [0.1, 0.15) is 0 Å². The molecular weight excluding hydrogens is 360 g/mol. The summed E-state index contributed by atoms with van der Waals surface area (Å²) in [5, 5.41) is 0.715. The van der Waals surface area contributed by atoms with E-state index in [2.05, 4.69) is 34.6 Å². The third kappa shape index (κ3) is 14.2. The molecule has 0 aliphatic rings. The lowest BCUT2D eigenvalue weighted by Crippen LogP contribution is -2.31. The van der Waals surface area contributed by atoms with Crippen LogP contribution in [0.25, 0.3) is 0 Å². The zero-order chi connectivity index (χ0) is 19.6. The molecule has 0 fully saturated rings. The lowest BCUT2D eigenvalue weighted by atomic mass is 10.1. The third-order valence-corrected chi connectivity index (χ3v) is 7.53. The number of carbonyl (C=O) groups is 1. The van der Waals surface area contributed by atoms with Crippen LogP contribution in [0.15, 0.2) is 0 Å². The van der Waals surface area contributed by atoms with Gasteiger partial charge >= 0.3 is 9.28 Å². The number of hydrogen-bond donors (Lipinski definition) is 0. The highest BCUT2D eigenvalue weighted by Gasteiger charge is 2.29. The van der Waals surface area contributed by atoms with Gasteiger partial charge in [-0.2, -0.15) is 0 Å². The first kappa shape index (κ1) is 26.2. The molecule has 0 aliphatic carbocycles. The Balaban J connectivity index is 4.38. The predicted molar refractivity (Wildman–Crippen MR) is 117 cm³/mol. The minimum absolute atomic E-state index is 0.352. The highest BCUT2D eigenvalue weighted by Crippen LogP contribution is 2.31. The maximum atomic E-state index is 12.2. The highest BCUT2D eigenvalue weighted by atomic mass is 32.2. The molecule has 2 unspecified atom stereocenters. The molecule has 0 aliphatic heterocycles. The van der Waals surface area contributed by atoms with Crippen molar-refractivity contribution >= 4 is 26.2 Å². The van der Waals surface area contributed by atoms with Crippen molar-refractivity contribution in [2.45, 2.75) is 116 Å². The lowest BCUT2D eigenvalue weighted by Gasteiger charge is -2.26. The van der Waals surface area contributed by atoms with Crippen molar-refractivity contribution in [2.75, 3.05) is 13.2 Å². The summed E-state index contributed by atoms with van der Waals surface area (Å²) in [5.41, 5.74) is 0.475. The van der Waals surface area contributed by atoms with Crippen LogP contribution in [0.2, 0.25) is 5.54 Å². The van der Waals surface area contributed by atoms with Crippen LogP contribution in [-0.4, -0.2) is 32.9 Å². The third-order valence-electron chi connectivity index (χ3n) is 4.30. The molecule has 2 atom stereocenters. The van der Waals surface area contributed by atoms with E-state index in [4.69, 9.17) is 8.85 Å². The average molecular weight is 404 g/mol. The van der Waals surface area contributed by atoms with Crippen molar-refractivity contribution in [3.05, 3.63) is 0 Å². The maximum absolute atomic E-state index is 12.2. The summed E-state index contributed by atoms with van der Waals surface area (Å²) in [6.07, 6.45) is 12.1. The van der Waals surface area contributed by atoms with Gasteiger partial charge in [0.15, 0.2) is 5.12 Å². The second-order valence-corrected chi connectivity index (χ2v) is 10.7. The SMILES string of the molecule is CCCCCCCC(=O)SC(C)CC(CCC)[Si](OCCC)OCCC. The van der Waals surface area contributed by atoms with Gasteiger partial charge in [0.25, 0.3) is 0 Å². The molecule has 26 heavy (non-hydrogen) atoms. The number of thioether (sulfide) groups is 1. The fourth-order valence-electron chi connectivity index (χ4n) is 2.97. The predicted octanol–water partition coefficient (Wildman–Crippen LogP) is 6.90. The molecule has 5 heteroatoms. The normalized spacial score (nSPS) is 13.9. The minimum Gasteiger partial charge on any atom is -0.393 e. The zero-order valence-electron chi connectivity index (χ0n) is 18.0. The van der Waals surface area contributed by atoms with Gasteiger partial charge in [0, 0.05) is 30.4 Å². The fraction of sp³-hybridized carbons (Fsp3) is 0.952. The molecule has 0 aromatic carbocycles. The second-order valence-electron chi connectivity index (χ2n) is 7.20. The van der Waals surface area contributed by atoms with Gasteiger partial charge in [-0.15, -0.1) is 0 Å². The van der Waals surface area contributed by atoms with Gasteiger partial charge in [-0.1, -0.05) is 78.5 Å². The summed E-state index contributed by atoms with van der Waals surface area (Å²) in [6, 6.07) is 0. The summed E-state index contributed by atoms with van der Waals surface area (Å²) < 4.78 is 12.2.